The van der Waals surface area contributed by atoms with Crippen LogP contribution in [0.2, 0.25) is 0 Å². The molecular formula is C26H32N3+. The quantitative estimate of drug-likeness (QED) is 0.525. The van der Waals surface area contributed by atoms with Crippen LogP contribution in [0.25, 0.3) is 11.3 Å². The molecule has 2 aromatic carbocycles. The van der Waals surface area contributed by atoms with Crippen LogP contribution in [-0.2, 0) is 7.05 Å². The van der Waals surface area contributed by atoms with Crippen molar-refractivity contribution in [2.45, 2.75) is 53.8 Å². The zero-order chi connectivity index (χ0) is 20.9. The molecule has 0 saturated heterocycles. The second kappa shape index (κ2) is 7.22. The fraction of sp³-hybridized carbons (Fsp3) is 0.346. The monoisotopic (exact) mass is 386 g/mol. The van der Waals surface area contributed by atoms with Crippen LogP contribution < -0.4 is 14.4 Å². The molecule has 0 saturated carbocycles. The van der Waals surface area contributed by atoms with Crippen LogP contribution >= 0.6 is 0 Å². The lowest BCUT2D eigenvalue weighted by molar-refractivity contribution is -0.647. The van der Waals surface area contributed by atoms with Gasteiger partial charge in [-0.2, -0.15) is 0 Å². The Morgan fingerprint density at radius 1 is 0.828 bits per heavy atom. The van der Waals surface area contributed by atoms with E-state index in [1.165, 1.54) is 45.1 Å². The molecule has 0 amide bonds. The third-order valence-corrected chi connectivity index (χ3v) is 6.32. The third kappa shape index (κ3) is 3.09. The predicted molar refractivity (Wildman–Crippen MR) is 123 cm³/mol. The van der Waals surface area contributed by atoms with Crippen molar-refractivity contribution >= 4 is 17.2 Å². The highest BCUT2D eigenvalue weighted by molar-refractivity contribution is 5.82. The van der Waals surface area contributed by atoms with Crippen LogP contribution in [0.3, 0.4) is 0 Å². The first-order valence-corrected chi connectivity index (χ1v) is 10.5. The van der Waals surface area contributed by atoms with Gasteiger partial charge in [0.25, 0.3) is 5.82 Å². The third-order valence-electron chi connectivity index (χ3n) is 6.32. The zero-order valence-electron chi connectivity index (χ0n) is 18.7. The Morgan fingerprint density at radius 2 is 1.48 bits per heavy atom. The standard InChI is InChI=1S/C26H32N3/c1-17(2)28-21(6)29(25-12-9-8-11-24(25)28)26-14-10-13-23(27(26)7)22-16-19(4)18(3)15-20(22)5/h8-17,21H,1-7H3/q+1/t21-/m1/s1. The van der Waals surface area contributed by atoms with Gasteiger partial charge in [-0.05, 0) is 88.6 Å². The minimum Gasteiger partial charge on any atom is -0.327 e. The highest BCUT2D eigenvalue weighted by Crippen LogP contribution is 2.44. The lowest BCUT2D eigenvalue weighted by Gasteiger charge is -2.29. The van der Waals surface area contributed by atoms with Gasteiger partial charge < -0.3 is 4.90 Å². The van der Waals surface area contributed by atoms with E-state index in [9.17, 15) is 0 Å². The molecule has 1 aliphatic rings. The fourth-order valence-electron chi connectivity index (χ4n) is 4.76. The molecule has 3 heteroatoms. The van der Waals surface area contributed by atoms with E-state index < -0.39 is 0 Å². The van der Waals surface area contributed by atoms with Gasteiger partial charge in [0.05, 0.1) is 12.7 Å². The molecule has 1 aromatic heterocycles. The highest BCUT2D eigenvalue weighted by atomic mass is 15.4. The molecule has 0 radical (unpaired) electrons. The number of aryl methyl sites for hydroxylation is 3. The summed E-state index contributed by atoms with van der Waals surface area (Å²) in [6.45, 7) is 13.4. The van der Waals surface area contributed by atoms with Gasteiger partial charge in [-0.25, -0.2) is 9.47 Å². The molecule has 0 N–H and O–H groups in total. The van der Waals surface area contributed by atoms with Gasteiger partial charge in [-0.1, -0.05) is 18.2 Å². The maximum atomic E-state index is 2.50. The average Bonchev–Trinajstić information content (AvgIpc) is 2.97. The summed E-state index contributed by atoms with van der Waals surface area (Å²) in [5, 5.41) is 0. The predicted octanol–water partition coefficient (Wildman–Crippen LogP) is 5.82. The van der Waals surface area contributed by atoms with Gasteiger partial charge in [-0.3, -0.25) is 0 Å². The van der Waals surface area contributed by atoms with Crippen molar-refractivity contribution in [3.63, 3.8) is 0 Å². The van der Waals surface area contributed by atoms with Crippen molar-refractivity contribution in [1.29, 1.82) is 0 Å². The van der Waals surface area contributed by atoms with Gasteiger partial charge in [-0.15, -0.1) is 0 Å². The van der Waals surface area contributed by atoms with Crippen LogP contribution in [0.4, 0.5) is 17.2 Å². The van der Waals surface area contributed by atoms with Crippen molar-refractivity contribution < 1.29 is 4.57 Å². The Balaban J connectivity index is 1.88. The van der Waals surface area contributed by atoms with E-state index in [2.05, 4.69) is 118 Å². The number of anilines is 3. The number of rotatable bonds is 3. The van der Waals surface area contributed by atoms with Crippen molar-refractivity contribution in [2.24, 2.45) is 7.05 Å². The summed E-state index contributed by atoms with van der Waals surface area (Å²) in [6, 6.07) is 20.5. The molecule has 150 valence electrons. The Bertz CT molecular complexity index is 1070. The molecule has 3 nitrogen and oxygen atoms in total. The Morgan fingerprint density at radius 3 is 2.17 bits per heavy atom. The summed E-state index contributed by atoms with van der Waals surface area (Å²) >= 11 is 0. The van der Waals surface area contributed by atoms with E-state index in [1.807, 2.05) is 0 Å². The van der Waals surface area contributed by atoms with Gasteiger partial charge in [0.15, 0.2) is 11.9 Å². The molecule has 29 heavy (non-hydrogen) atoms. The first-order valence-electron chi connectivity index (χ1n) is 10.5. The fourth-order valence-corrected chi connectivity index (χ4v) is 4.76. The number of aromatic nitrogens is 1. The van der Waals surface area contributed by atoms with E-state index in [-0.39, 0.29) is 6.17 Å². The number of fused-ring (bicyclic) bond motifs is 1. The lowest BCUT2D eigenvalue weighted by Crippen LogP contribution is -2.47. The van der Waals surface area contributed by atoms with Crippen LogP contribution in [0, 0.1) is 20.8 Å². The van der Waals surface area contributed by atoms with Crippen LogP contribution in [-0.4, -0.2) is 12.2 Å². The van der Waals surface area contributed by atoms with E-state index in [4.69, 9.17) is 0 Å². The molecule has 2 heterocycles. The minimum atomic E-state index is 0.259. The van der Waals surface area contributed by atoms with E-state index in [0.717, 1.165) is 0 Å². The molecule has 0 bridgehead atoms. The Hall–Kier alpha value is -2.81. The van der Waals surface area contributed by atoms with Crippen molar-refractivity contribution in [2.75, 3.05) is 9.80 Å². The van der Waals surface area contributed by atoms with Gasteiger partial charge in [0.2, 0.25) is 0 Å². The van der Waals surface area contributed by atoms with Gasteiger partial charge >= 0.3 is 0 Å². The molecule has 1 aliphatic heterocycles. The Labute approximate surface area is 175 Å². The Kier molecular flexibility index (Phi) is 4.85. The molecule has 0 aliphatic carbocycles. The topological polar surface area (TPSA) is 10.4 Å². The van der Waals surface area contributed by atoms with E-state index in [1.54, 1.807) is 0 Å². The summed E-state index contributed by atoms with van der Waals surface area (Å²) in [4.78, 5) is 4.97. The van der Waals surface area contributed by atoms with Crippen LogP contribution in [0.1, 0.15) is 37.5 Å². The van der Waals surface area contributed by atoms with E-state index in [0.29, 0.717) is 6.04 Å². The molecule has 0 spiro atoms. The largest absolute Gasteiger partial charge is 0.327 e. The first-order chi connectivity index (χ1) is 13.8. The first kappa shape index (κ1) is 19.5. The van der Waals surface area contributed by atoms with Gasteiger partial charge in [0.1, 0.15) is 5.69 Å². The highest BCUT2D eigenvalue weighted by Gasteiger charge is 2.42. The SMILES string of the molecule is Cc1cc(C)c(-c2cccc(N3c4ccccc4N(C(C)C)[C@H]3C)[n+]2C)cc1C. The zero-order valence-corrected chi connectivity index (χ0v) is 18.7. The summed E-state index contributed by atoms with van der Waals surface area (Å²) in [5.74, 6) is 1.21. The minimum absolute atomic E-state index is 0.259. The molecule has 4 rings (SSSR count). The molecule has 1 atom stereocenters. The molecule has 3 aromatic rings. The summed E-state index contributed by atoms with van der Waals surface area (Å²) in [7, 11) is 2.19. The number of pyridine rings is 1. The maximum absolute atomic E-state index is 2.50. The van der Waals surface area contributed by atoms with Gasteiger partial charge in [0, 0.05) is 17.7 Å². The maximum Gasteiger partial charge on any atom is 0.283 e. The molecular weight excluding hydrogens is 354 g/mol. The van der Waals surface area contributed by atoms with Crippen LogP contribution in [0.5, 0.6) is 0 Å². The number of benzene rings is 2. The smallest absolute Gasteiger partial charge is 0.283 e. The van der Waals surface area contributed by atoms with E-state index >= 15 is 0 Å². The second-order valence-electron chi connectivity index (χ2n) is 8.57. The summed E-state index contributed by atoms with van der Waals surface area (Å²) in [5.41, 5.74) is 9.14. The molecule has 0 fully saturated rings. The summed E-state index contributed by atoms with van der Waals surface area (Å²) < 4.78 is 2.34. The number of hydrogen-bond acceptors (Lipinski definition) is 2. The van der Waals surface area contributed by atoms with Crippen molar-refractivity contribution in [3.8, 4) is 11.3 Å². The second-order valence-corrected chi connectivity index (χ2v) is 8.57. The number of para-hydroxylation sites is 2. The summed E-state index contributed by atoms with van der Waals surface area (Å²) in [6.07, 6.45) is 0.259. The molecule has 0 unspecified atom stereocenters. The van der Waals surface area contributed by atoms with Crippen LogP contribution in [0.15, 0.2) is 54.6 Å². The lowest BCUT2D eigenvalue weighted by atomic mass is 9.98. The average molecular weight is 387 g/mol. The normalized spacial score (nSPS) is 15.9. The van der Waals surface area contributed by atoms with Crippen molar-refractivity contribution in [3.05, 3.63) is 71.3 Å². The van der Waals surface area contributed by atoms with Crippen molar-refractivity contribution in [1.82, 2.24) is 0 Å². The number of nitrogens with zero attached hydrogens (tertiary/aromatic N) is 3. The number of hydrogen-bond donors (Lipinski definition) is 0.